The smallest absolute Gasteiger partial charge is 0.410 e. The predicted molar refractivity (Wildman–Crippen MR) is 95.5 cm³/mol. The molecule has 0 aliphatic rings. The maximum Gasteiger partial charge on any atom is 0.416 e. The van der Waals surface area contributed by atoms with Crippen LogP contribution in [0, 0.1) is 0 Å². The van der Waals surface area contributed by atoms with E-state index in [0.717, 1.165) is 12.1 Å². The van der Waals surface area contributed by atoms with Gasteiger partial charge in [0.2, 0.25) is 0 Å². The second kappa shape index (κ2) is 7.99. The van der Waals surface area contributed by atoms with Gasteiger partial charge in [-0.25, -0.2) is 9.67 Å². The topological polar surface area (TPSA) is 95.4 Å². The van der Waals surface area contributed by atoms with Crippen molar-refractivity contribution in [2.24, 2.45) is 0 Å². The Morgan fingerprint density at radius 3 is 2.59 bits per heavy atom. The van der Waals surface area contributed by atoms with Crippen molar-refractivity contribution in [2.45, 2.75) is 23.7 Å². The first-order valence-electron chi connectivity index (χ1n) is 8.25. The van der Waals surface area contributed by atoms with E-state index in [1.54, 1.807) is 17.1 Å². The maximum absolute atomic E-state index is 12.6. The quantitative estimate of drug-likeness (QED) is 0.439. The van der Waals surface area contributed by atoms with E-state index >= 15 is 0 Å². The highest BCUT2D eigenvalue weighted by Gasteiger charge is 2.29. The third-order valence-corrected chi connectivity index (χ3v) is 4.60. The van der Waals surface area contributed by atoms with Gasteiger partial charge in [0.05, 0.1) is 24.0 Å². The van der Waals surface area contributed by atoms with Gasteiger partial charge in [-0.05, 0) is 17.7 Å². The van der Waals surface area contributed by atoms with Crippen molar-refractivity contribution in [3.8, 4) is 11.6 Å². The van der Waals surface area contributed by atoms with Crippen molar-refractivity contribution >= 4 is 11.8 Å². The minimum atomic E-state index is -4.35. The molecule has 0 saturated heterocycles. The molecule has 4 aromatic rings. The standard InChI is InChI=1S/C17H12F3N7OS/c18-17(19,20)12-3-1-11(2-4-12)8-27-9-13(23-26-27)10-29-16-25-24-15(28-16)14-7-21-5-6-22-14/h1-7,9H,8,10H2. The Bertz CT molecular complexity index is 1080. The number of hydrogen-bond acceptors (Lipinski definition) is 8. The Morgan fingerprint density at radius 1 is 1.03 bits per heavy atom. The minimum Gasteiger partial charge on any atom is -0.410 e. The van der Waals surface area contributed by atoms with Gasteiger partial charge in [-0.15, -0.1) is 15.3 Å². The molecule has 0 amide bonds. The van der Waals surface area contributed by atoms with E-state index in [0.29, 0.717) is 34.5 Å². The van der Waals surface area contributed by atoms with E-state index in [-0.39, 0.29) is 5.89 Å². The van der Waals surface area contributed by atoms with Crippen LogP contribution in [0.25, 0.3) is 11.6 Å². The van der Waals surface area contributed by atoms with Crippen LogP contribution >= 0.6 is 11.8 Å². The summed E-state index contributed by atoms with van der Waals surface area (Å²) in [4.78, 5) is 8.03. The number of alkyl halides is 3. The van der Waals surface area contributed by atoms with Crippen molar-refractivity contribution in [3.63, 3.8) is 0 Å². The molecule has 0 saturated carbocycles. The molecule has 0 bridgehead atoms. The number of benzene rings is 1. The monoisotopic (exact) mass is 419 g/mol. The second-order valence-corrected chi connectivity index (χ2v) is 6.78. The first-order chi connectivity index (χ1) is 14.0. The molecule has 4 rings (SSSR count). The van der Waals surface area contributed by atoms with Crippen LogP contribution in [0.1, 0.15) is 16.8 Å². The number of rotatable bonds is 6. The largest absolute Gasteiger partial charge is 0.416 e. The van der Waals surface area contributed by atoms with Crippen LogP contribution in [-0.4, -0.2) is 35.2 Å². The molecule has 0 fully saturated rings. The molecule has 0 N–H and O–H groups in total. The van der Waals surface area contributed by atoms with Gasteiger partial charge in [-0.3, -0.25) is 4.98 Å². The molecule has 3 heterocycles. The van der Waals surface area contributed by atoms with Crippen molar-refractivity contribution in [2.75, 3.05) is 0 Å². The first-order valence-corrected chi connectivity index (χ1v) is 9.24. The highest BCUT2D eigenvalue weighted by atomic mass is 32.2. The van der Waals surface area contributed by atoms with Crippen molar-refractivity contribution in [1.29, 1.82) is 0 Å². The first kappa shape index (κ1) is 19.1. The van der Waals surface area contributed by atoms with Gasteiger partial charge in [0, 0.05) is 24.3 Å². The van der Waals surface area contributed by atoms with Crippen molar-refractivity contribution in [1.82, 2.24) is 35.2 Å². The number of nitrogens with zero attached hydrogens (tertiary/aromatic N) is 7. The van der Waals surface area contributed by atoms with Crippen LogP contribution in [0.4, 0.5) is 13.2 Å². The Morgan fingerprint density at radius 2 is 1.86 bits per heavy atom. The summed E-state index contributed by atoms with van der Waals surface area (Å²) < 4.78 is 44.9. The zero-order valence-electron chi connectivity index (χ0n) is 14.6. The summed E-state index contributed by atoms with van der Waals surface area (Å²) in [6.07, 6.45) is 1.96. The molecule has 3 aromatic heterocycles. The number of halogens is 3. The molecule has 0 radical (unpaired) electrons. The van der Waals surface area contributed by atoms with E-state index in [9.17, 15) is 13.2 Å². The average Bonchev–Trinajstić information content (AvgIpc) is 3.36. The van der Waals surface area contributed by atoms with Gasteiger partial charge in [0.15, 0.2) is 0 Å². The molecule has 0 aliphatic carbocycles. The summed E-state index contributed by atoms with van der Waals surface area (Å²) in [6.45, 7) is 0.313. The Hall–Kier alpha value is -3.28. The summed E-state index contributed by atoms with van der Waals surface area (Å²) in [6, 6.07) is 4.94. The summed E-state index contributed by atoms with van der Waals surface area (Å²) in [5, 5.41) is 16.3. The zero-order chi connectivity index (χ0) is 20.3. The molecule has 29 heavy (non-hydrogen) atoms. The SMILES string of the molecule is FC(F)(F)c1ccc(Cn2cc(CSc3nnc(-c4cnccn4)o3)nn2)cc1. The van der Waals surface area contributed by atoms with Gasteiger partial charge in [0.1, 0.15) is 5.69 Å². The highest BCUT2D eigenvalue weighted by Crippen LogP contribution is 2.29. The van der Waals surface area contributed by atoms with E-state index in [4.69, 9.17) is 4.42 Å². The minimum absolute atomic E-state index is 0.270. The van der Waals surface area contributed by atoms with Crippen LogP contribution in [0.15, 0.2) is 58.7 Å². The second-order valence-electron chi connectivity index (χ2n) is 5.85. The lowest BCUT2D eigenvalue weighted by molar-refractivity contribution is -0.137. The number of hydrogen-bond donors (Lipinski definition) is 0. The Balaban J connectivity index is 1.34. The molecule has 0 unspecified atom stereocenters. The molecule has 1 aromatic carbocycles. The van der Waals surface area contributed by atoms with Crippen LogP contribution in [0.5, 0.6) is 0 Å². The van der Waals surface area contributed by atoms with E-state index < -0.39 is 11.7 Å². The lowest BCUT2D eigenvalue weighted by atomic mass is 10.1. The molecule has 148 valence electrons. The van der Waals surface area contributed by atoms with E-state index in [2.05, 4.69) is 30.5 Å². The van der Waals surface area contributed by atoms with Gasteiger partial charge in [0.25, 0.3) is 11.1 Å². The summed E-state index contributed by atoms with van der Waals surface area (Å²) in [5.74, 6) is 0.710. The summed E-state index contributed by atoms with van der Waals surface area (Å²) in [7, 11) is 0. The molecular weight excluding hydrogens is 407 g/mol. The van der Waals surface area contributed by atoms with Crippen molar-refractivity contribution in [3.05, 3.63) is 65.9 Å². The lowest BCUT2D eigenvalue weighted by Crippen LogP contribution is -2.05. The zero-order valence-corrected chi connectivity index (χ0v) is 15.4. The normalized spacial score (nSPS) is 11.7. The van der Waals surface area contributed by atoms with Gasteiger partial charge in [-0.2, -0.15) is 13.2 Å². The average molecular weight is 419 g/mol. The van der Waals surface area contributed by atoms with Crippen LogP contribution in [0.2, 0.25) is 0 Å². The van der Waals surface area contributed by atoms with Crippen LogP contribution < -0.4 is 0 Å². The van der Waals surface area contributed by atoms with E-state index in [1.807, 2.05) is 0 Å². The fourth-order valence-electron chi connectivity index (χ4n) is 2.38. The Kier molecular flexibility index (Phi) is 5.25. The highest BCUT2D eigenvalue weighted by molar-refractivity contribution is 7.98. The lowest BCUT2D eigenvalue weighted by Gasteiger charge is -2.07. The third kappa shape index (κ3) is 4.77. The molecule has 8 nitrogen and oxygen atoms in total. The van der Waals surface area contributed by atoms with Gasteiger partial charge >= 0.3 is 6.18 Å². The number of aromatic nitrogens is 7. The molecule has 0 aliphatic heterocycles. The van der Waals surface area contributed by atoms with E-state index in [1.165, 1.54) is 36.3 Å². The van der Waals surface area contributed by atoms with Crippen LogP contribution in [0.3, 0.4) is 0 Å². The molecule has 12 heteroatoms. The third-order valence-electron chi connectivity index (χ3n) is 3.74. The van der Waals surface area contributed by atoms with Crippen molar-refractivity contribution < 1.29 is 17.6 Å². The fraction of sp³-hybridized carbons (Fsp3) is 0.176. The summed E-state index contributed by atoms with van der Waals surface area (Å²) >= 11 is 1.28. The fourth-order valence-corrected chi connectivity index (χ4v) is 3.03. The molecule has 0 spiro atoms. The van der Waals surface area contributed by atoms with Gasteiger partial charge < -0.3 is 4.42 Å². The van der Waals surface area contributed by atoms with Crippen LogP contribution in [-0.2, 0) is 18.5 Å². The molecular formula is C17H12F3N7OS. The Labute approximate surface area is 166 Å². The maximum atomic E-state index is 12.6. The number of thioether (sulfide) groups is 1. The molecule has 0 atom stereocenters. The van der Waals surface area contributed by atoms with Gasteiger partial charge in [-0.1, -0.05) is 29.1 Å². The summed E-state index contributed by atoms with van der Waals surface area (Å²) in [5.41, 5.74) is 1.15. The predicted octanol–water partition coefficient (Wildman–Crippen LogP) is 3.48.